The lowest BCUT2D eigenvalue weighted by Crippen LogP contribution is -2.23. The first kappa shape index (κ1) is 23.6. The van der Waals surface area contributed by atoms with Gasteiger partial charge in [0.15, 0.2) is 0 Å². The second-order valence-electron chi connectivity index (χ2n) is 10.5. The molecule has 0 N–H and O–H groups in total. The standard InChI is InChI=1S/C30H48/c1-3-5-8-12-25-16-20-28(21-17-25)30(24-27-14-10-7-11-15-27)29-22-18-26(19-23-29)13-9-6-4-2/h7,10,16-17,20-21,26-27,29-30H,3-6,8-9,11-15,18-19,22-24H2,1-2H3. The van der Waals surface area contributed by atoms with Gasteiger partial charge in [-0.05, 0) is 86.2 Å². The number of benzene rings is 1. The molecule has 0 aliphatic heterocycles. The number of hydrogen-bond donors (Lipinski definition) is 0. The minimum atomic E-state index is 0.794. The molecule has 1 aromatic rings. The Morgan fingerprint density at radius 2 is 1.50 bits per heavy atom. The maximum atomic E-state index is 2.51. The molecule has 3 rings (SSSR count). The highest BCUT2D eigenvalue weighted by Gasteiger charge is 2.30. The van der Waals surface area contributed by atoms with Crippen LogP contribution in [0.15, 0.2) is 36.4 Å². The third-order valence-corrected chi connectivity index (χ3v) is 8.12. The van der Waals surface area contributed by atoms with Crippen LogP contribution in [-0.2, 0) is 6.42 Å². The van der Waals surface area contributed by atoms with Crippen molar-refractivity contribution < 1.29 is 0 Å². The van der Waals surface area contributed by atoms with Gasteiger partial charge in [0.05, 0.1) is 0 Å². The van der Waals surface area contributed by atoms with Crippen molar-refractivity contribution in [3.05, 3.63) is 47.5 Å². The van der Waals surface area contributed by atoms with E-state index in [1.54, 1.807) is 11.1 Å². The van der Waals surface area contributed by atoms with Gasteiger partial charge in [0.1, 0.15) is 0 Å². The van der Waals surface area contributed by atoms with Crippen LogP contribution in [0.1, 0.15) is 127 Å². The largest absolute Gasteiger partial charge is 0.0885 e. The Morgan fingerprint density at radius 1 is 0.767 bits per heavy atom. The minimum absolute atomic E-state index is 0.794. The van der Waals surface area contributed by atoms with E-state index in [1.807, 2.05) is 0 Å². The van der Waals surface area contributed by atoms with Gasteiger partial charge in [0, 0.05) is 0 Å². The van der Waals surface area contributed by atoms with Crippen molar-refractivity contribution in [1.29, 1.82) is 0 Å². The number of hydrogen-bond acceptors (Lipinski definition) is 0. The molecule has 2 aliphatic carbocycles. The Bertz CT molecular complexity index is 587. The highest BCUT2D eigenvalue weighted by atomic mass is 14.3. The second-order valence-corrected chi connectivity index (χ2v) is 10.5. The zero-order valence-corrected chi connectivity index (χ0v) is 20.1. The second kappa shape index (κ2) is 13.4. The van der Waals surface area contributed by atoms with Crippen molar-refractivity contribution in [1.82, 2.24) is 0 Å². The first-order chi connectivity index (χ1) is 14.8. The Labute approximate surface area is 187 Å². The molecule has 2 atom stereocenters. The fourth-order valence-corrected chi connectivity index (χ4v) is 6.10. The number of unbranched alkanes of at least 4 members (excludes halogenated alkanes) is 4. The molecule has 0 aromatic heterocycles. The highest BCUT2D eigenvalue weighted by Crippen LogP contribution is 2.44. The molecule has 168 valence electrons. The molecule has 1 fully saturated rings. The van der Waals surface area contributed by atoms with Crippen molar-refractivity contribution >= 4 is 0 Å². The van der Waals surface area contributed by atoms with E-state index in [4.69, 9.17) is 0 Å². The predicted molar refractivity (Wildman–Crippen MR) is 133 cm³/mol. The van der Waals surface area contributed by atoms with E-state index in [2.05, 4.69) is 50.3 Å². The van der Waals surface area contributed by atoms with Gasteiger partial charge >= 0.3 is 0 Å². The maximum absolute atomic E-state index is 2.51. The first-order valence-electron chi connectivity index (χ1n) is 13.5. The van der Waals surface area contributed by atoms with Gasteiger partial charge < -0.3 is 0 Å². The monoisotopic (exact) mass is 408 g/mol. The molecule has 0 bridgehead atoms. The smallest absolute Gasteiger partial charge is 0.0131 e. The summed E-state index contributed by atoms with van der Waals surface area (Å²) in [5.41, 5.74) is 3.20. The lowest BCUT2D eigenvalue weighted by Gasteiger charge is -2.36. The van der Waals surface area contributed by atoms with Crippen molar-refractivity contribution in [2.24, 2.45) is 17.8 Å². The highest BCUT2D eigenvalue weighted by molar-refractivity contribution is 5.26. The van der Waals surface area contributed by atoms with Crippen LogP contribution in [0.5, 0.6) is 0 Å². The van der Waals surface area contributed by atoms with Crippen LogP contribution in [0.25, 0.3) is 0 Å². The summed E-state index contributed by atoms with van der Waals surface area (Å²) in [7, 11) is 0. The molecule has 1 saturated carbocycles. The van der Waals surface area contributed by atoms with E-state index < -0.39 is 0 Å². The van der Waals surface area contributed by atoms with Gasteiger partial charge in [-0.25, -0.2) is 0 Å². The van der Waals surface area contributed by atoms with Gasteiger partial charge in [-0.2, -0.15) is 0 Å². The third kappa shape index (κ3) is 7.58. The van der Waals surface area contributed by atoms with Crippen molar-refractivity contribution in [3.8, 4) is 0 Å². The minimum Gasteiger partial charge on any atom is -0.0885 e. The van der Waals surface area contributed by atoms with E-state index in [0.717, 1.165) is 23.7 Å². The number of aryl methyl sites for hydroxylation is 1. The quantitative estimate of drug-likeness (QED) is 0.238. The molecule has 0 heteroatoms. The molecule has 2 aliphatic rings. The Morgan fingerprint density at radius 3 is 2.17 bits per heavy atom. The molecule has 0 radical (unpaired) electrons. The zero-order chi connectivity index (χ0) is 21.0. The van der Waals surface area contributed by atoms with E-state index in [1.165, 1.54) is 103 Å². The Kier molecular flexibility index (Phi) is 10.5. The van der Waals surface area contributed by atoms with Gasteiger partial charge in [-0.15, -0.1) is 0 Å². The average molecular weight is 409 g/mol. The average Bonchev–Trinajstić information content (AvgIpc) is 2.80. The lowest BCUT2D eigenvalue weighted by atomic mass is 9.69. The maximum Gasteiger partial charge on any atom is -0.0131 e. The van der Waals surface area contributed by atoms with E-state index in [9.17, 15) is 0 Å². The van der Waals surface area contributed by atoms with Crippen LogP contribution in [0.3, 0.4) is 0 Å². The fourth-order valence-electron chi connectivity index (χ4n) is 6.10. The lowest BCUT2D eigenvalue weighted by molar-refractivity contribution is 0.210. The summed E-state index contributed by atoms with van der Waals surface area (Å²) in [6.45, 7) is 4.63. The summed E-state index contributed by atoms with van der Waals surface area (Å²) in [6, 6.07) is 9.93. The molecular formula is C30H48. The van der Waals surface area contributed by atoms with Crippen LogP contribution in [0.4, 0.5) is 0 Å². The Balaban J connectivity index is 1.61. The van der Waals surface area contributed by atoms with Gasteiger partial charge in [-0.1, -0.05) is 102 Å². The van der Waals surface area contributed by atoms with Gasteiger partial charge in [-0.3, -0.25) is 0 Å². The summed E-state index contributed by atoms with van der Waals surface area (Å²) < 4.78 is 0. The van der Waals surface area contributed by atoms with Crippen LogP contribution >= 0.6 is 0 Å². The SMILES string of the molecule is CCCCCc1ccc(C(CC2CC=CCC2)C2CCC(CCCCC)CC2)cc1. The molecule has 2 unspecified atom stereocenters. The molecule has 0 saturated heterocycles. The summed E-state index contributed by atoms with van der Waals surface area (Å²) >= 11 is 0. The van der Waals surface area contributed by atoms with Crippen molar-refractivity contribution in [2.75, 3.05) is 0 Å². The molecule has 0 nitrogen and oxygen atoms in total. The predicted octanol–water partition coefficient (Wildman–Crippen LogP) is 9.64. The fraction of sp³-hybridized carbons (Fsp3) is 0.733. The molecular weight excluding hydrogens is 360 g/mol. The molecule has 0 amide bonds. The van der Waals surface area contributed by atoms with E-state index in [0.29, 0.717) is 0 Å². The summed E-state index contributed by atoms with van der Waals surface area (Å²) in [4.78, 5) is 0. The van der Waals surface area contributed by atoms with Crippen LogP contribution in [0.2, 0.25) is 0 Å². The molecule has 0 heterocycles. The summed E-state index contributed by atoms with van der Waals surface area (Å²) in [5, 5.41) is 0. The zero-order valence-electron chi connectivity index (χ0n) is 20.1. The normalized spacial score (nSPS) is 25.3. The number of rotatable bonds is 12. The third-order valence-electron chi connectivity index (χ3n) is 8.12. The van der Waals surface area contributed by atoms with Crippen LogP contribution in [-0.4, -0.2) is 0 Å². The van der Waals surface area contributed by atoms with Gasteiger partial charge in [0.25, 0.3) is 0 Å². The van der Waals surface area contributed by atoms with Gasteiger partial charge in [0.2, 0.25) is 0 Å². The van der Waals surface area contributed by atoms with Crippen LogP contribution in [0, 0.1) is 17.8 Å². The van der Waals surface area contributed by atoms with Crippen LogP contribution < -0.4 is 0 Å². The van der Waals surface area contributed by atoms with Crippen molar-refractivity contribution in [2.45, 2.75) is 122 Å². The van der Waals surface area contributed by atoms with E-state index >= 15 is 0 Å². The summed E-state index contributed by atoms with van der Waals surface area (Å²) in [5.74, 6) is 3.64. The topological polar surface area (TPSA) is 0 Å². The van der Waals surface area contributed by atoms with Crippen molar-refractivity contribution in [3.63, 3.8) is 0 Å². The molecule has 30 heavy (non-hydrogen) atoms. The number of allylic oxidation sites excluding steroid dienone is 2. The molecule has 1 aromatic carbocycles. The Hall–Kier alpha value is -1.04. The first-order valence-corrected chi connectivity index (χ1v) is 13.5. The summed E-state index contributed by atoms with van der Waals surface area (Å²) in [6.07, 6.45) is 27.3. The van der Waals surface area contributed by atoms with E-state index in [-0.39, 0.29) is 0 Å². The molecule has 0 spiro atoms.